The van der Waals surface area contributed by atoms with Gasteiger partial charge in [0.2, 0.25) is 5.91 Å². The number of piperazine rings is 1. The first kappa shape index (κ1) is 21.1. The highest BCUT2D eigenvalue weighted by atomic mass is 32.1. The number of benzene rings is 1. The SMILES string of the molecule is CCc1cc2c(N3CCCC(C(=O)N4CCN(c5ccc(F)cc5)CC4)C3)ncnc2s1. The Hall–Kier alpha value is -2.74. The summed E-state index contributed by atoms with van der Waals surface area (Å²) in [6, 6.07) is 8.80. The van der Waals surface area contributed by atoms with Gasteiger partial charge in [-0.3, -0.25) is 4.79 Å². The van der Waals surface area contributed by atoms with E-state index in [0.29, 0.717) is 19.6 Å². The summed E-state index contributed by atoms with van der Waals surface area (Å²) in [5.41, 5.74) is 1.01. The van der Waals surface area contributed by atoms with Gasteiger partial charge in [-0.2, -0.15) is 0 Å². The molecule has 0 aliphatic carbocycles. The first-order chi connectivity index (χ1) is 15.6. The van der Waals surface area contributed by atoms with Crippen molar-refractivity contribution < 1.29 is 9.18 Å². The Morgan fingerprint density at radius 3 is 2.62 bits per heavy atom. The lowest BCUT2D eigenvalue weighted by molar-refractivity contribution is -0.136. The van der Waals surface area contributed by atoms with Gasteiger partial charge in [-0.25, -0.2) is 14.4 Å². The molecule has 1 aromatic carbocycles. The first-order valence-electron chi connectivity index (χ1n) is 11.4. The van der Waals surface area contributed by atoms with Gasteiger partial charge >= 0.3 is 0 Å². The molecule has 1 atom stereocenters. The van der Waals surface area contributed by atoms with Gasteiger partial charge in [-0.15, -0.1) is 11.3 Å². The first-order valence-corrected chi connectivity index (χ1v) is 12.2. The zero-order chi connectivity index (χ0) is 22.1. The summed E-state index contributed by atoms with van der Waals surface area (Å²) < 4.78 is 13.2. The summed E-state index contributed by atoms with van der Waals surface area (Å²) in [6.45, 7) is 6.74. The minimum Gasteiger partial charge on any atom is -0.368 e. The van der Waals surface area contributed by atoms with E-state index in [0.717, 1.165) is 60.6 Å². The Morgan fingerprint density at radius 2 is 1.88 bits per heavy atom. The highest BCUT2D eigenvalue weighted by Gasteiger charge is 2.32. The molecule has 2 saturated heterocycles. The molecule has 0 radical (unpaired) electrons. The molecule has 2 aliphatic heterocycles. The predicted molar refractivity (Wildman–Crippen MR) is 127 cm³/mol. The molecule has 5 rings (SSSR count). The summed E-state index contributed by atoms with van der Waals surface area (Å²) in [7, 11) is 0. The molecule has 168 valence electrons. The van der Waals surface area contributed by atoms with Crippen molar-refractivity contribution in [2.45, 2.75) is 26.2 Å². The van der Waals surface area contributed by atoms with E-state index in [2.05, 4.69) is 32.8 Å². The number of rotatable bonds is 4. The number of anilines is 2. The zero-order valence-electron chi connectivity index (χ0n) is 18.3. The molecule has 0 spiro atoms. The third-order valence-electron chi connectivity index (χ3n) is 6.56. The van der Waals surface area contributed by atoms with E-state index in [1.54, 1.807) is 17.7 Å². The van der Waals surface area contributed by atoms with Crippen LogP contribution in [0.3, 0.4) is 0 Å². The Bertz CT molecular complexity index is 1090. The van der Waals surface area contributed by atoms with Crippen LogP contribution >= 0.6 is 11.3 Å². The topological polar surface area (TPSA) is 52.6 Å². The van der Waals surface area contributed by atoms with Crippen LogP contribution in [-0.4, -0.2) is 60.0 Å². The number of nitrogens with zero attached hydrogens (tertiary/aromatic N) is 5. The average Bonchev–Trinajstić information content (AvgIpc) is 3.28. The molecule has 1 unspecified atom stereocenters. The van der Waals surface area contributed by atoms with E-state index < -0.39 is 0 Å². The van der Waals surface area contributed by atoms with Crippen molar-refractivity contribution in [3.05, 3.63) is 47.4 Å². The van der Waals surface area contributed by atoms with Crippen molar-refractivity contribution in [1.29, 1.82) is 0 Å². The number of halogens is 1. The third-order valence-corrected chi connectivity index (χ3v) is 7.75. The molecule has 2 aromatic heterocycles. The van der Waals surface area contributed by atoms with Gasteiger partial charge in [0.05, 0.1) is 11.3 Å². The zero-order valence-corrected chi connectivity index (χ0v) is 19.2. The lowest BCUT2D eigenvalue weighted by Crippen LogP contribution is -2.52. The van der Waals surface area contributed by atoms with Crippen LogP contribution in [0.15, 0.2) is 36.7 Å². The molecule has 4 heterocycles. The number of thiophene rings is 1. The van der Waals surface area contributed by atoms with E-state index in [1.807, 2.05) is 17.0 Å². The van der Waals surface area contributed by atoms with Crippen molar-refractivity contribution >= 4 is 39.0 Å². The summed E-state index contributed by atoms with van der Waals surface area (Å²) in [6.07, 6.45) is 4.55. The second-order valence-corrected chi connectivity index (χ2v) is 9.67. The highest BCUT2D eigenvalue weighted by Crippen LogP contribution is 2.33. The normalized spacial score (nSPS) is 19.6. The van der Waals surface area contributed by atoms with Crippen LogP contribution in [0.5, 0.6) is 0 Å². The molecule has 8 heteroatoms. The molecule has 0 bridgehead atoms. The molecule has 1 amide bonds. The fourth-order valence-corrected chi connectivity index (χ4v) is 5.71. The van der Waals surface area contributed by atoms with Crippen LogP contribution in [0.2, 0.25) is 0 Å². The number of hydrogen-bond acceptors (Lipinski definition) is 6. The number of amides is 1. The number of aromatic nitrogens is 2. The van der Waals surface area contributed by atoms with Crippen LogP contribution < -0.4 is 9.80 Å². The van der Waals surface area contributed by atoms with Gasteiger partial charge in [0.1, 0.15) is 22.8 Å². The van der Waals surface area contributed by atoms with E-state index in [9.17, 15) is 9.18 Å². The minimum atomic E-state index is -0.223. The summed E-state index contributed by atoms with van der Waals surface area (Å²) in [4.78, 5) is 31.2. The van der Waals surface area contributed by atoms with E-state index in [1.165, 1.54) is 17.0 Å². The Balaban J connectivity index is 1.25. The Kier molecular flexibility index (Phi) is 5.95. The van der Waals surface area contributed by atoms with Gasteiger partial charge in [-0.1, -0.05) is 6.92 Å². The second kappa shape index (κ2) is 9.02. The van der Waals surface area contributed by atoms with Crippen molar-refractivity contribution in [3.63, 3.8) is 0 Å². The third kappa shape index (κ3) is 4.16. The maximum absolute atomic E-state index is 13.3. The predicted octanol–water partition coefficient (Wildman–Crippen LogP) is 3.96. The van der Waals surface area contributed by atoms with Crippen molar-refractivity contribution in [2.24, 2.45) is 5.92 Å². The number of carbonyl (C=O) groups excluding carboxylic acids is 1. The van der Waals surface area contributed by atoms with Crippen LogP contribution in [0, 0.1) is 11.7 Å². The van der Waals surface area contributed by atoms with Crippen LogP contribution in [0.1, 0.15) is 24.6 Å². The summed E-state index contributed by atoms with van der Waals surface area (Å²) >= 11 is 1.73. The van der Waals surface area contributed by atoms with Gasteiger partial charge in [0.15, 0.2) is 0 Å². The number of hydrogen-bond donors (Lipinski definition) is 0. The molecule has 3 aromatic rings. The molecule has 2 fully saturated rings. The number of carbonyl (C=O) groups is 1. The summed E-state index contributed by atoms with van der Waals surface area (Å²) in [5, 5.41) is 1.11. The summed E-state index contributed by atoms with van der Waals surface area (Å²) in [5.74, 6) is 0.983. The standard InChI is InChI=1S/C24H28FN5OS/c1-2-20-14-21-22(26-16-27-23(21)32-20)30-9-3-4-17(15-30)24(31)29-12-10-28(11-13-29)19-7-5-18(25)6-8-19/h5-8,14,16-17H,2-4,9-13,15H2,1H3. The van der Waals surface area contributed by atoms with Crippen LogP contribution in [0.25, 0.3) is 10.2 Å². The Morgan fingerprint density at radius 1 is 1.09 bits per heavy atom. The van der Waals surface area contributed by atoms with E-state index in [4.69, 9.17) is 0 Å². The largest absolute Gasteiger partial charge is 0.368 e. The Labute approximate surface area is 191 Å². The molecule has 0 saturated carbocycles. The molecule has 2 aliphatic rings. The maximum atomic E-state index is 13.3. The van der Waals surface area contributed by atoms with E-state index >= 15 is 0 Å². The number of aryl methyl sites for hydroxylation is 1. The lowest BCUT2D eigenvalue weighted by Gasteiger charge is -2.40. The molecule has 32 heavy (non-hydrogen) atoms. The number of piperidine rings is 1. The van der Waals surface area contributed by atoms with Crippen LogP contribution in [0.4, 0.5) is 15.9 Å². The number of fused-ring (bicyclic) bond motifs is 1. The average molecular weight is 454 g/mol. The van der Waals surface area contributed by atoms with Crippen molar-refractivity contribution in [2.75, 3.05) is 49.1 Å². The van der Waals surface area contributed by atoms with Gasteiger partial charge in [-0.05, 0) is 49.6 Å². The maximum Gasteiger partial charge on any atom is 0.227 e. The monoisotopic (exact) mass is 453 g/mol. The van der Waals surface area contributed by atoms with Crippen molar-refractivity contribution in [3.8, 4) is 0 Å². The van der Waals surface area contributed by atoms with Crippen LogP contribution in [-0.2, 0) is 11.2 Å². The second-order valence-electron chi connectivity index (χ2n) is 8.56. The smallest absolute Gasteiger partial charge is 0.227 e. The minimum absolute atomic E-state index is 0.00424. The fraction of sp³-hybridized carbons (Fsp3) is 0.458. The highest BCUT2D eigenvalue weighted by molar-refractivity contribution is 7.18. The molecule has 6 nitrogen and oxygen atoms in total. The van der Waals surface area contributed by atoms with E-state index in [-0.39, 0.29) is 17.6 Å². The lowest BCUT2D eigenvalue weighted by atomic mass is 9.96. The van der Waals surface area contributed by atoms with Crippen molar-refractivity contribution in [1.82, 2.24) is 14.9 Å². The van der Waals surface area contributed by atoms with Gasteiger partial charge < -0.3 is 14.7 Å². The molecule has 0 N–H and O–H groups in total. The van der Waals surface area contributed by atoms with Gasteiger partial charge in [0.25, 0.3) is 0 Å². The quantitative estimate of drug-likeness (QED) is 0.599. The molecular formula is C24H28FN5OS. The van der Waals surface area contributed by atoms with Gasteiger partial charge in [0, 0.05) is 49.8 Å². The molecular weight excluding hydrogens is 425 g/mol. The fourth-order valence-electron chi connectivity index (χ4n) is 4.79.